The van der Waals surface area contributed by atoms with E-state index in [2.05, 4.69) is 45.0 Å². The summed E-state index contributed by atoms with van der Waals surface area (Å²) in [5, 5.41) is 22.0. The van der Waals surface area contributed by atoms with Crippen molar-refractivity contribution in [3.8, 4) is 11.5 Å². The number of hydrogen-bond acceptors (Lipinski definition) is 2. The minimum atomic E-state index is 0.00535. The van der Waals surface area contributed by atoms with E-state index in [1.807, 2.05) is 12.1 Å². The molecule has 2 N–H and O–H groups in total. The summed E-state index contributed by atoms with van der Waals surface area (Å²) in [7, 11) is 0. The molecule has 0 aliphatic heterocycles. The Morgan fingerprint density at radius 2 is 0.660 bits per heavy atom. The van der Waals surface area contributed by atoms with E-state index in [9.17, 15) is 10.2 Å². The van der Waals surface area contributed by atoms with Crippen molar-refractivity contribution < 1.29 is 10.2 Å². The molecule has 0 unspecified atom stereocenters. The van der Waals surface area contributed by atoms with Gasteiger partial charge in [0.05, 0.1) is 0 Å². The smallest absolute Gasteiger partial charge is 0.119 e. The molecular weight excluding hydrogens is 572 g/mol. The van der Waals surface area contributed by atoms with Gasteiger partial charge in [-0.15, -0.1) is 0 Å². The zero-order valence-electron chi connectivity index (χ0n) is 31.4. The SMILES string of the molecule is CCCCCCCCCCCCCCCc1ccc(C(CC)c2ccc(CCCCCCCCCCCCCCC)cc2O)c(O)c1. The number of unbranched alkanes of at least 4 members (excludes halogenated alkanes) is 24. The van der Waals surface area contributed by atoms with E-state index in [0.717, 1.165) is 30.4 Å². The molecule has 2 heteroatoms. The standard InChI is InChI=1S/C45H76O2/c1-4-7-9-11-13-15-17-19-21-23-25-27-29-31-39-33-35-42(44(46)37-39)41(6-3)43-36-34-40(38-45(43)47)32-30-28-26-24-22-20-18-16-14-12-10-8-5-2/h33-38,41,46-47H,4-32H2,1-3H3. The summed E-state index contributed by atoms with van der Waals surface area (Å²) in [6.07, 6.45) is 38.5. The number of aryl methyl sites for hydroxylation is 2. The zero-order valence-corrected chi connectivity index (χ0v) is 31.4. The van der Waals surface area contributed by atoms with Crippen molar-refractivity contribution >= 4 is 0 Å². The minimum absolute atomic E-state index is 0.00535. The maximum Gasteiger partial charge on any atom is 0.119 e. The third kappa shape index (κ3) is 19.0. The molecule has 2 nitrogen and oxygen atoms in total. The van der Waals surface area contributed by atoms with E-state index in [0.29, 0.717) is 11.5 Å². The van der Waals surface area contributed by atoms with Crippen LogP contribution >= 0.6 is 0 Å². The van der Waals surface area contributed by atoms with Gasteiger partial charge in [-0.3, -0.25) is 0 Å². The fraction of sp³-hybridized carbons (Fsp3) is 0.733. The number of phenols is 2. The first-order valence-corrected chi connectivity index (χ1v) is 20.7. The van der Waals surface area contributed by atoms with E-state index >= 15 is 0 Å². The highest BCUT2D eigenvalue weighted by molar-refractivity contribution is 5.48. The zero-order chi connectivity index (χ0) is 33.8. The van der Waals surface area contributed by atoms with Gasteiger partial charge in [-0.05, 0) is 55.4 Å². The van der Waals surface area contributed by atoms with Gasteiger partial charge >= 0.3 is 0 Å². The Labute approximate surface area is 292 Å². The first-order chi connectivity index (χ1) is 23.1. The van der Waals surface area contributed by atoms with Crippen molar-refractivity contribution in [2.75, 3.05) is 0 Å². The molecule has 2 aromatic carbocycles. The van der Waals surface area contributed by atoms with Crippen LogP contribution < -0.4 is 0 Å². The molecule has 0 aliphatic carbocycles. The second kappa shape index (κ2) is 27.9. The third-order valence-electron chi connectivity index (χ3n) is 10.5. The molecule has 47 heavy (non-hydrogen) atoms. The summed E-state index contributed by atoms with van der Waals surface area (Å²) in [5.74, 6) is 0.754. The maximum atomic E-state index is 11.0. The molecule has 0 amide bonds. The molecule has 0 aliphatic rings. The summed E-state index contributed by atoms with van der Waals surface area (Å²) in [4.78, 5) is 0. The Morgan fingerprint density at radius 3 is 0.915 bits per heavy atom. The summed E-state index contributed by atoms with van der Waals surface area (Å²) in [6.45, 7) is 6.72. The number of hydrogen-bond donors (Lipinski definition) is 2. The predicted molar refractivity (Wildman–Crippen MR) is 207 cm³/mol. The molecule has 0 atom stereocenters. The topological polar surface area (TPSA) is 40.5 Å². The molecule has 0 bridgehead atoms. The second-order valence-electron chi connectivity index (χ2n) is 14.7. The van der Waals surface area contributed by atoms with Crippen molar-refractivity contribution in [3.63, 3.8) is 0 Å². The van der Waals surface area contributed by atoms with Crippen LogP contribution in [0.3, 0.4) is 0 Å². The van der Waals surface area contributed by atoms with Crippen LogP contribution in [0.25, 0.3) is 0 Å². The van der Waals surface area contributed by atoms with Gasteiger partial charge < -0.3 is 10.2 Å². The molecule has 0 fully saturated rings. The van der Waals surface area contributed by atoms with Crippen LogP contribution in [0.1, 0.15) is 222 Å². The second-order valence-corrected chi connectivity index (χ2v) is 14.7. The van der Waals surface area contributed by atoms with Crippen molar-refractivity contribution in [3.05, 3.63) is 58.7 Å². The first-order valence-electron chi connectivity index (χ1n) is 20.7. The first kappa shape index (κ1) is 41.2. The van der Waals surface area contributed by atoms with Crippen LogP contribution in [-0.4, -0.2) is 10.2 Å². The van der Waals surface area contributed by atoms with Crippen LogP contribution in [-0.2, 0) is 12.8 Å². The lowest BCUT2D eigenvalue weighted by molar-refractivity contribution is 0.451. The van der Waals surface area contributed by atoms with Gasteiger partial charge in [0.25, 0.3) is 0 Å². The molecular formula is C45H76O2. The van der Waals surface area contributed by atoms with Gasteiger partial charge in [-0.1, -0.05) is 199 Å². The van der Waals surface area contributed by atoms with Gasteiger partial charge in [0.15, 0.2) is 0 Å². The van der Waals surface area contributed by atoms with E-state index in [1.54, 1.807) is 0 Å². The van der Waals surface area contributed by atoms with E-state index < -0.39 is 0 Å². The molecule has 0 radical (unpaired) electrons. The van der Waals surface area contributed by atoms with Crippen LogP contribution in [0.2, 0.25) is 0 Å². The number of rotatable bonds is 31. The molecule has 0 saturated heterocycles. The highest BCUT2D eigenvalue weighted by Gasteiger charge is 2.19. The van der Waals surface area contributed by atoms with Crippen molar-refractivity contribution in [1.82, 2.24) is 0 Å². The van der Waals surface area contributed by atoms with Crippen molar-refractivity contribution in [2.24, 2.45) is 0 Å². The Bertz CT molecular complexity index is 932. The normalized spacial score (nSPS) is 11.6. The highest BCUT2D eigenvalue weighted by Crippen LogP contribution is 2.39. The Hall–Kier alpha value is -1.96. The lowest BCUT2D eigenvalue weighted by Gasteiger charge is -2.20. The fourth-order valence-corrected chi connectivity index (χ4v) is 7.38. The molecule has 0 heterocycles. The average Bonchev–Trinajstić information content (AvgIpc) is 3.07. The summed E-state index contributed by atoms with van der Waals surface area (Å²) in [5.41, 5.74) is 4.31. The van der Waals surface area contributed by atoms with Crippen LogP contribution in [0, 0.1) is 0 Å². The van der Waals surface area contributed by atoms with Crippen LogP contribution in [0.15, 0.2) is 36.4 Å². The lowest BCUT2D eigenvalue weighted by atomic mass is 9.86. The molecule has 0 saturated carbocycles. The van der Waals surface area contributed by atoms with Gasteiger partial charge in [-0.25, -0.2) is 0 Å². The minimum Gasteiger partial charge on any atom is -0.508 e. The quantitative estimate of drug-likeness (QED) is 0.0799. The number of benzene rings is 2. The van der Waals surface area contributed by atoms with Crippen molar-refractivity contribution in [1.29, 1.82) is 0 Å². The van der Waals surface area contributed by atoms with Gasteiger partial charge in [-0.2, -0.15) is 0 Å². The largest absolute Gasteiger partial charge is 0.508 e. The van der Waals surface area contributed by atoms with Crippen LogP contribution in [0.5, 0.6) is 11.5 Å². The Kier molecular flexibility index (Phi) is 24.5. The number of phenolic OH excluding ortho intramolecular Hbond substituents is 2. The molecule has 2 rings (SSSR count). The molecule has 268 valence electrons. The molecule has 2 aromatic rings. The van der Waals surface area contributed by atoms with Crippen LogP contribution in [0.4, 0.5) is 0 Å². The van der Waals surface area contributed by atoms with E-state index in [1.165, 1.54) is 178 Å². The monoisotopic (exact) mass is 649 g/mol. The Morgan fingerprint density at radius 1 is 0.383 bits per heavy atom. The molecule has 0 spiro atoms. The Balaban J connectivity index is 1.63. The fourth-order valence-electron chi connectivity index (χ4n) is 7.38. The lowest BCUT2D eigenvalue weighted by Crippen LogP contribution is -2.02. The summed E-state index contributed by atoms with van der Waals surface area (Å²) < 4.78 is 0. The third-order valence-corrected chi connectivity index (χ3v) is 10.5. The number of aromatic hydroxyl groups is 2. The predicted octanol–water partition coefficient (Wildman–Crippen LogP) is 14.9. The maximum absolute atomic E-state index is 11.0. The van der Waals surface area contributed by atoms with Gasteiger partial charge in [0.2, 0.25) is 0 Å². The average molecular weight is 649 g/mol. The van der Waals surface area contributed by atoms with E-state index in [-0.39, 0.29) is 5.92 Å². The van der Waals surface area contributed by atoms with Crippen molar-refractivity contribution in [2.45, 2.75) is 213 Å². The summed E-state index contributed by atoms with van der Waals surface area (Å²) in [6, 6.07) is 12.5. The molecule has 0 aromatic heterocycles. The summed E-state index contributed by atoms with van der Waals surface area (Å²) >= 11 is 0. The van der Waals surface area contributed by atoms with E-state index in [4.69, 9.17) is 0 Å². The van der Waals surface area contributed by atoms with Gasteiger partial charge in [0.1, 0.15) is 11.5 Å². The van der Waals surface area contributed by atoms with Gasteiger partial charge in [0, 0.05) is 17.0 Å². The highest BCUT2D eigenvalue weighted by atomic mass is 16.3.